The molecule has 0 saturated heterocycles. The van der Waals surface area contributed by atoms with Gasteiger partial charge >= 0.3 is 5.97 Å². The maximum Gasteiger partial charge on any atom is 0.309 e. The van der Waals surface area contributed by atoms with Gasteiger partial charge in [-0.2, -0.15) is 0 Å². The Morgan fingerprint density at radius 2 is 2.05 bits per heavy atom. The number of aryl methyl sites for hydroxylation is 1. The molecule has 1 N–H and O–H groups in total. The van der Waals surface area contributed by atoms with Crippen molar-refractivity contribution in [2.75, 3.05) is 0 Å². The summed E-state index contributed by atoms with van der Waals surface area (Å²) in [5.74, 6) is -0.422. The van der Waals surface area contributed by atoms with E-state index in [1.807, 2.05) is 6.92 Å². The summed E-state index contributed by atoms with van der Waals surface area (Å²) in [6, 6.07) is 4.64. The van der Waals surface area contributed by atoms with Gasteiger partial charge in [-0.15, -0.1) is 0 Å². The Kier molecular flexibility index (Phi) is 3.93. The van der Waals surface area contributed by atoms with Crippen LogP contribution in [-0.4, -0.2) is 11.1 Å². The quantitative estimate of drug-likeness (QED) is 0.897. The minimum absolute atomic E-state index is 0.287. The van der Waals surface area contributed by atoms with Crippen molar-refractivity contribution in [3.63, 3.8) is 0 Å². The lowest BCUT2D eigenvalue weighted by molar-refractivity contribution is -0.151. The molecule has 0 bridgehead atoms. The van der Waals surface area contributed by atoms with Gasteiger partial charge in [-0.25, -0.2) is 4.39 Å². The third kappa shape index (κ3) is 2.96. The second-order valence-corrected chi connectivity index (χ2v) is 6.02. The molecule has 1 aliphatic carbocycles. The summed E-state index contributed by atoms with van der Waals surface area (Å²) in [6.07, 6.45) is 3.72. The van der Waals surface area contributed by atoms with Gasteiger partial charge < -0.3 is 5.11 Å². The molecule has 1 fully saturated rings. The van der Waals surface area contributed by atoms with E-state index in [0.29, 0.717) is 25.2 Å². The van der Waals surface area contributed by atoms with Crippen molar-refractivity contribution >= 4 is 5.97 Å². The van der Waals surface area contributed by atoms with Gasteiger partial charge in [-0.1, -0.05) is 13.0 Å². The molecule has 1 saturated carbocycles. The molecule has 1 aromatic rings. The average Bonchev–Trinajstić information content (AvgIpc) is 2.36. The minimum Gasteiger partial charge on any atom is -0.481 e. The molecule has 0 atom stereocenters. The molecule has 104 valence electrons. The lowest BCUT2D eigenvalue weighted by Gasteiger charge is -2.36. The van der Waals surface area contributed by atoms with Gasteiger partial charge in [0.15, 0.2) is 0 Å². The van der Waals surface area contributed by atoms with E-state index < -0.39 is 11.4 Å². The van der Waals surface area contributed by atoms with Crippen molar-refractivity contribution in [1.82, 2.24) is 0 Å². The van der Waals surface area contributed by atoms with Crippen LogP contribution < -0.4 is 0 Å². The summed E-state index contributed by atoms with van der Waals surface area (Å²) in [5.41, 5.74) is 1.10. The standard InChI is InChI=1S/C16H21FO2/c1-11-5-7-16(8-6-11,15(18)19)10-13-9-14(17)4-3-12(13)2/h3-4,9,11H,5-8,10H2,1-2H3,(H,18,19). The molecule has 3 heteroatoms. The first-order chi connectivity index (χ1) is 8.93. The number of hydrogen-bond acceptors (Lipinski definition) is 1. The number of hydrogen-bond donors (Lipinski definition) is 1. The fourth-order valence-corrected chi connectivity index (χ4v) is 2.98. The Bertz CT molecular complexity index is 474. The van der Waals surface area contributed by atoms with Crippen molar-refractivity contribution in [3.05, 3.63) is 35.1 Å². The molecule has 0 unspecified atom stereocenters. The average molecular weight is 264 g/mol. The molecule has 0 spiro atoms. The van der Waals surface area contributed by atoms with Gasteiger partial charge in [0.2, 0.25) is 0 Å². The highest BCUT2D eigenvalue weighted by Crippen LogP contribution is 2.42. The fraction of sp³-hybridized carbons (Fsp3) is 0.562. The maximum atomic E-state index is 13.3. The van der Waals surface area contributed by atoms with E-state index in [1.165, 1.54) is 12.1 Å². The van der Waals surface area contributed by atoms with Crippen LogP contribution in [0.3, 0.4) is 0 Å². The number of aliphatic carboxylic acids is 1. The Balaban J connectivity index is 2.26. The number of carboxylic acid groups (broad SMARTS) is 1. The van der Waals surface area contributed by atoms with Crippen LogP contribution in [-0.2, 0) is 11.2 Å². The summed E-state index contributed by atoms with van der Waals surface area (Å²) in [4.78, 5) is 11.7. The van der Waals surface area contributed by atoms with Crippen LogP contribution in [0, 0.1) is 24.1 Å². The smallest absolute Gasteiger partial charge is 0.309 e. The maximum absolute atomic E-state index is 13.3. The SMILES string of the molecule is Cc1ccc(F)cc1CC1(C(=O)O)CCC(C)CC1. The molecule has 1 aliphatic rings. The molecule has 2 nitrogen and oxygen atoms in total. The van der Waals surface area contributed by atoms with Gasteiger partial charge in [0.25, 0.3) is 0 Å². The van der Waals surface area contributed by atoms with Gasteiger partial charge in [0.05, 0.1) is 5.41 Å². The van der Waals surface area contributed by atoms with Gasteiger partial charge in [-0.3, -0.25) is 4.79 Å². The van der Waals surface area contributed by atoms with Crippen molar-refractivity contribution in [2.24, 2.45) is 11.3 Å². The summed E-state index contributed by atoms with van der Waals surface area (Å²) in [5, 5.41) is 9.60. The van der Waals surface area contributed by atoms with Crippen molar-refractivity contribution in [1.29, 1.82) is 0 Å². The minimum atomic E-state index is -0.733. The molecule has 0 aromatic heterocycles. The van der Waals surface area contributed by atoms with Crippen LogP contribution in [0.25, 0.3) is 0 Å². The lowest BCUT2D eigenvalue weighted by atomic mass is 9.67. The Labute approximate surface area is 113 Å². The Morgan fingerprint density at radius 1 is 1.42 bits per heavy atom. The zero-order valence-electron chi connectivity index (χ0n) is 11.6. The number of rotatable bonds is 3. The first-order valence-electron chi connectivity index (χ1n) is 6.91. The van der Waals surface area contributed by atoms with E-state index in [1.54, 1.807) is 6.07 Å². The van der Waals surface area contributed by atoms with Crippen molar-refractivity contribution in [3.8, 4) is 0 Å². The van der Waals surface area contributed by atoms with E-state index in [0.717, 1.165) is 24.0 Å². The molecule has 0 radical (unpaired) electrons. The molecule has 0 amide bonds. The second kappa shape index (κ2) is 5.32. The highest BCUT2D eigenvalue weighted by molar-refractivity contribution is 5.75. The van der Waals surface area contributed by atoms with Gasteiger partial charge in [-0.05, 0) is 68.2 Å². The first-order valence-corrected chi connectivity index (χ1v) is 6.91. The molecule has 2 rings (SSSR count). The summed E-state index contributed by atoms with van der Waals surface area (Å²) >= 11 is 0. The lowest BCUT2D eigenvalue weighted by Crippen LogP contribution is -2.37. The van der Waals surface area contributed by atoms with E-state index in [2.05, 4.69) is 6.92 Å². The van der Waals surface area contributed by atoms with Crippen LogP contribution in [0.15, 0.2) is 18.2 Å². The normalized spacial score (nSPS) is 27.2. The van der Waals surface area contributed by atoms with E-state index in [9.17, 15) is 14.3 Å². The van der Waals surface area contributed by atoms with Gasteiger partial charge in [0, 0.05) is 0 Å². The van der Waals surface area contributed by atoms with Crippen molar-refractivity contribution in [2.45, 2.75) is 46.0 Å². The molecular weight excluding hydrogens is 243 g/mol. The van der Waals surface area contributed by atoms with Crippen molar-refractivity contribution < 1.29 is 14.3 Å². The zero-order valence-corrected chi connectivity index (χ0v) is 11.6. The topological polar surface area (TPSA) is 37.3 Å². The highest BCUT2D eigenvalue weighted by atomic mass is 19.1. The number of carbonyl (C=O) groups is 1. The molecule has 19 heavy (non-hydrogen) atoms. The summed E-state index contributed by atoms with van der Waals surface area (Å²) in [6.45, 7) is 4.08. The third-order valence-corrected chi connectivity index (χ3v) is 4.53. The van der Waals surface area contributed by atoms with Crippen LogP contribution in [0.4, 0.5) is 4.39 Å². The first kappa shape index (κ1) is 14.0. The summed E-state index contributed by atoms with van der Waals surface area (Å²) < 4.78 is 13.3. The Morgan fingerprint density at radius 3 is 2.63 bits per heavy atom. The van der Waals surface area contributed by atoms with E-state index >= 15 is 0 Å². The Hall–Kier alpha value is -1.38. The van der Waals surface area contributed by atoms with Gasteiger partial charge in [0.1, 0.15) is 5.82 Å². The molecular formula is C16H21FO2. The zero-order chi connectivity index (χ0) is 14.0. The molecule has 1 aromatic carbocycles. The second-order valence-electron chi connectivity index (χ2n) is 6.02. The van der Waals surface area contributed by atoms with Crippen LogP contribution in [0.5, 0.6) is 0 Å². The fourth-order valence-electron chi connectivity index (χ4n) is 2.98. The van der Waals surface area contributed by atoms with E-state index in [-0.39, 0.29) is 5.82 Å². The van der Waals surface area contributed by atoms with E-state index in [4.69, 9.17) is 0 Å². The monoisotopic (exact) mass is 264 g/mol. The van der Waals surface area contributed by atoms with Crippen LogP contribution in [0.2, 0.25) is 0 Å². The number of benzene rings is 1. The highest BCUT2D eigenvalue weighted by Gasteiger charge is 2.41. The van der Waals surface area contributed by atoms with Crippen LogP contribution >= 0.6 is 0 Å². The van der Waals surface area contributed by atoms with Crippen LogP contribution in [0.1, 0.15) is 43.7 Å². The molecule has 0 aliphatic heterocycles. The molecule has 0 heterocycles. The predicted octanol–water partition coefficient (Wildman–Crippen LogP) is 3.96. The largest absolute Gasteiger partial charge is 0.481 e. The number of halogens is 1. The number of carboxylic acids is 1. The predicted molar refractivity (Wildman–Crippen MR) is 72.5 cm³/mol. The third-order valence-electron chi connectivity index (χ3n) is 4.53. The summed E-state index contributed by atoms with van der Waals surface area (Å²) in [7, 11) is 0.